The molecule has 6 nitrogen and oxygen atoms in total. The molecule has 3 atom stereocenters. The van der Waals surface area contributed by atoms with Crippen LogP contribution in [0.25, 0.3) is 11.1 Å². The van der Waals surface area contributed by atoms with Crippen molar-refractivity contribution in [2.45, 2.75) is 18.5 Å². The van der Waals surface area contributed by atoms with Gasteiger partial charge in [0.15, 0.2) is 0 Å². The average molecular weight is 379 g/mol. The Kier molecular flexibility index (Phi) is 5.41. The van der Waals surface area contributed by atoms with Crippen molar-refractivity contribution < 1.29 is 14.3 Å². The number of urea groups is 1. The first-order chi connectivity index (χ1) is 13.7. The van der Waals surface area contributed by atoms with Crippen LogP contribution in [-0.2, 0) is 9.53 Å². The number of piperidine rings is 1. The fraction of sp³-hybridized carbons (Fsp3) is 0.364. The first kappa shape index (κ1) is 18.7. The minimum Gasteiger partial charge on any atom is -0.383 e. The lowest BCUT2D eigenvalue weighted by molar-refractivity contribution is -0.131. The molecule has 146 valence electrons. The highest BCUT2D eigenvalue weighted by Gasteiger charge is 2.47. The normalized spacial score (nSPS) is 24.6. The fourth-order valence-electron chi connectivity index (χ4n) is 4.29. The van der Waals surface area contributed by atoms with Gasteiger partial charge in [-0.15, -0.1) is 0 Å². The molecule has 2 aromatic rings. The number of imide groups is 1. The Bertz CT molecular complexity index is 838. The molecule has 0 aliphatic carbocycles. The molecule has 0 aromatic heterocycles. The van der Waals surface area contributed by atoms with Gasteiger partial charge in [-0.05, 0) is 29.7 Å². The van der Waals surface area contributed by atoms with Gasteiger partial charge < -0.3 is 9.64 Å². The monoisotopic (exact) mass is 379 g/mol. The van der Waals surface area contributed by atoms with Gasteiger partial charge in [0.05, 0.1) is 18.7 Å². The zero-order valence-corrected chi connectivity index (χ0v) is 15.9. The maximum Gasteiger partial charge on any atom is 0.325 e. The van der Waals surface area contributed by atoms with Gasteiger partial charge in [-0.1, -0.05) is 54.6 Å². The van der Waals surface area contributed by atoms with E-state index in [9.17, 15) is 9.59 Å². The van der Waals surface area contributed by atoms with Crippen LogP contribution in [-0.4, -0.2) is 49.8 Å². The third kappa shape index (κ3) is 3.53. The number of carbonyl (C=O) groups is 2. The summed E-state index contributed by atoms with van der Waals surface area (Å²) in [5.41, 5.74) is 3.45. The molecule has 2 aliphatic heterocycles. The summed E-state index contributed by atoms with van der Waals surface area (Å²) in [6.45, 7) is 1.64. The average Bonchev–Trinajstić information content (AvgIpc) is 2.74. The third-order valence-electron chi connectivity index (χ3n) is 5.69. The first-order valence-electron chi connectivity index (χ1n) is 9.68. The van der Waals surface area contributed by atoms with Gasteiger partial charge in [-0.25, -0.2) is 4.79 Å². The SMILES string of the molecule is COCCN1C(=O)NC(=O)C2C(c3ccc(-c4ccccc4)cc3)CCNC21. The van der Waals surface area contributed by atoms with Gasteiger partial charge in [-0.3, -0.25) is 15.4 Å². The molecule has 0 bridgehead atoms. The smallest absolute Gasteiger partial charge is 0.325 e. The fourth-order valence-corrected chi connectivity index (χ4v) is 4.29. The van der Waals surface area contributed by atoms with Crippen LogP contribution in [0.5, 0.6) is 0 Å². The highest BCUT2D eigenvalue weighted by Crippen LogP contribution is 2.37. The van der Waals surface area contributed by atoms with Crippen LogP contribution in [0.1, 0.15) is 17.9 Å². The van der Waals surface area contributed by atoms with Crippen molar-refractivity contribution in [1.82, 2.24) is 15.5 Å². The number of nitrogens with one attached hydrogen (secondary N) is 2. The maximum atomic E-state index is 12.7. The van der Waals surface area contributed by atoms with E-state index in [0.717, 1.165) is 24.1 Å². The van der Waals surface area contributed by atoms with Gasteiger partial charge in [0.1, 0.15) is 0 Å². The molecule has 2 fully saturated rings. The van der Waals surface area contributed by atoms with Crippen molar-refractivity contribution in [2.75, 3.05) is 26.8 Å². The second-order valence-corrected chi connectivity index (χ2v) is 7.29. The number of carbonyl (C=O) groups excluding carboxylic acids is 2. The molecule has 2 N–H and O–H groups in total. The largest absolute Gasteiger partial charge is 0.383 e. The van der Waals surface area contributed by atoms with E-state index < -0.39 is 0 Å². The van der Waals surface area contributed by atoms with Gasteiger partial charge >= 0.3 is 6.03 Å². The molecule has 3 unspecified atom stereocenters. The van der Waals surface area contributed by atoms with Crippen molar-refractivity contribution in [1.29, 1.82) is 0 Å². The lowest BCUT2D eigenvalue weighted by atomic mass is 9.77. The Morgan fingerprint density at radius 2 is 1.75 bits per heavy atom. The predicted molar refractivity (Wildman–Crippen MR) is 107 cm³/mol. The molecule has 4 rings (SSSR count). The molecular weight excluding hydrogens is 354 g/mol. The highest BCUT2D eigenvalue weighted by atomic mass is 16.5. The number of amides is 3. The number of benzene rings is 2. The minimum absolute atomic E-state index is 0.0641. The Labute approximate surface area is 164 Å². The third-order valence-corrected chi connectivity index (χ3v) is 5.69. The molecule has 3 amide bonds. The Balaban J connectivity index is 1.59. The number of methoxy groups -OCH3 is 1. The topological polar surface area (TPSA) is 70.7 Å². The zero-order chi connectivity index (χ0) is 19.5. The summed E-state index contributed by atoms with van der Waals surface area (Å²) in [5, 5.41) is 5.89. The van der Waals surface area contributed by atoms with Crippen molar-refractivity contribution in [3.05, 3.63) is 60.2 Å². The molecule has 6 heteroatoms. The molecule has 2 saturated heterocycles. The van der Waals surface area contributed by atoms with Crippen LogP contribution < -0.4 is 10.6 Å². The molecular formula is C22H25N3O3. The Hall–Kier alpha value is -2.70. The lowest BCUT2D eigenvalue weighted by Gasteiger charge is -2.46. The molecule has 2 heterocycles. The molecule has 2 aromatic carbocycles. The molecule has 0 spiro atoms. The van der Waals surface area contributed by atoms with E-state index in [1.54, 1.807) is 12.0 Å². The van der Waals surface area contributed by atoms with Crippen LogP contribution in [0.2, 0.25) is 0 Å². The number of hydrogen-bond acceptors (Lipinski definition) is 4. The second kappa shape index (κ2) is 8.12. The van der Waals surface area contributed by atoms with Gasteiger partial charge in [0, 0.05) is 19.6 Å². The molecule has 0 saturated carbocycles. The Morgan fingerprint density at radius 3 is 2.46 bits per heavy atom. The summed E-state index contributed by atoms with van der Waals surface area (Å²) in [5.74, 6) is -0.451. The summed E-state index contributed by atoms with van der Waals surface area (Å²) >= 11 is 0. The van der Waals surface area contributed by atoms with Crippen LogP contribution in [0.3, 0.4) is 0 Å². The highest BCUT2D eigenvalue weighted by molar-refractivity contribution is 5.99. The van der Waals surface area contributed by atoms with E-state index in [0.29, 0.717) is 13.2 Å². The Morgan fingerprint density at radius 1 is 1.04 bits per heavy atom. The van der Waals surface area contributed by atoms with Gasteiger partial charge in [-0.2, -0.15) is 0 Å². The number of nitrogens with zero attached hydrogens (tertiary/aromatic N) is 1. The molecule has 0 radical (unpaired) electrons. The van der Waals surface area contributed by atoms with E-state index >= 15 is 0 Å². The lowest BCUT2D eigenvalue weighted by Crippen LogP contribution is -2.68. The van der Waals surface area contributed by atoms with Crippen molar-refractivity contribution in [2.24, 2.45) is 5.92 Å². The summed E-state index contributed by atoms with van der Waals surface area (Å²) in [4.78, 5) is 26.7. The van der Waals surface area contributed by atoms with Gasteiger partial charge in [0.2, 0.25) is 5.91 Å². The van der Waals surface area contributed by atoms with Crippen LogP contribution in [0.4, 0.5) is 4.79 Å². The summed E-state index contributed by atoms with van der Waals surface area (Å²) < 4.78 is 5.13. The summed E-state index contributed by atoms with van der Waals surface area (Å²) in [6, 6.07) is 18.3. The van der Waals surface area contributed by atoms with Crippen molar-refractivity contribution >= 4 is 11.9 Å². The standard InChI is InChI=1S/C22H25N3O3/c1-28-14-13-25-20-19(21(26)24-22(25)27)18(11-12-23-20)17-9-7-16(8-10-17)15-5-3-2-4-6-15/h2-10,18-20,23H,11-14H2,1H3,(H,24,26,27). The quantitative estimate of drug-likeness (QED) is 0.838. The van der Waals surface area contributed by atoms with E-state index in [-0.39, 0.29) is 29.9 Å². The predicted octanol–water partition coefficient (Wildman–Crippen LogP) is 2.57. The van der Waals surface area contributed by atoms with Crippen LogP contribution in [0, 0.1) is 5.92 Å². The van der Waals surface area contributed by atoms with E-state index in [1.165, 1.54) is 5.56 Å². The van der Waals surface area contributed by atoms with E-state index in [2.05, 4.69) is 47.0 Å². The summed E-state index contributed by atoms with van der Waals surface area (Å²) in [7, 11) is 1.61. The molecule has 28 heavy (non-hydrogen) atoms. The first-order valence-corrected chi connectivity index (χ1v) is 9.68. The van der Waals surface area contributed by atoms with E-state index in [1.807, 2.05) is 18.2 Å². The number of rotatable bonds is 5. The minimum atomic E-state index is -0.351. The number of fused-ring (bicyclic) bond motifs is 1. The maximum absolute atomic E-state index is 12.7. The zero-order valence-electron chi connectivity index (χ0n) is 15.9. The second-order valence-electron chi connectivity index (χ2n) is 7.29. The van der Waals surface area contributed by atoms with E-state index in [4.69, 9.17) is 4.74 Å². The van der Waals surface area contributed by atoms with Crippen LogP contribution in [0.15, 0.2) is 54.6 Å². The number of ether oxygens (including phenoxy) is 1. The molecule has 2 aliphatic rings. The van der Waals surface area contributed by atoms with Crippen molar-refractivity contribution in [3.8, 4) is 11.1 Å². The van der Waals surface area contributed by atoms with Crippen LogP contribution >= 0.6 is 0 Å². The number of hydrogen-bond donors (Lipinski definition) is 2. The summed E-state index contributed by atoms with van der Waals surface area (Å²) in [6.07, 6.45) is 0.551. The van der Waals surface area contributed by atoms with Gasteiger partial charge in [0.25, 0.3) is 0 Å². The van der Waals surface area contributed by atoms with Crippen molar-refractivity contribution in [3.63, 3.8) is 0 Å².